The molecule has 0 saturated carbocycles. The number of morpholine rings is 1. The van der Waals surface area contributed by atoms with Crippen LogP contribution in [0.2, 0.25) is 0 Å². The highest BCUT2D eigenvalue weighted by atomic mass is 16.5. The van der Waals surface area contributed by atoms with Crippen molar-refractivity contribution in [3.8, 4) is 0 Å². The number of aromatic nitrogens is 1. The van der Waals surface area contributed by atoms with Crippen LogP contribution in [0.4, 0.5) is 0 Å². The van der Waals surface area contributed by atoms with E-state index < -0.39 is 0 Å². The Morgan fingerprint density at radius 3 is 2.52 bits per heavy atom. The van der Waals surface area contributed by atoms with Gasteiger partial charge in [-0.25, -0.2) is 4.98 Å². The molecule has 2 aromatic rings. The molecule has 1 aromatic heterocycles. The molecule has 1 saturated heterocycles. The normalized spacial score (nSPS) is 14.3. The van der Waals surface area contributed by atoms with Crippen molar-refractivity contribution in [2.75, 3.05) is 26.3 Å². The van der Waals surface area contributed by atoms with Crippen molar-refractivity contribution in [1.29, 1.82) is 0 Å². The highest BCUT2D eigenvalue weighted by Crippen LogP contribution is 2.14. The third-order valence-corrected chi connectivity index (χ3v) is 4.72. The molecule has 0 bridgehead atoms. The number of hydrogen-bond acceptors (Lipinski definition) is 5. The van der Waals surface area contributed by atoms with Crippen molar-refractivity contribution in [2.45, 2.75) is 38.5 Å². The Hall–Kier alpha value is -2.47. The molecule has 1 fully saturated rings. The molecule has 0 N–H and O–H groups in total. The lowest BCUT2D eigenvalue weighted by Crippen LogP contribution is -2.40. The molecule has 1 aromatic carbocycles. The van der Waals surface area contributed by atoms with Crippen LogP contribution in [-0.4, -0.2) is 47.9 Å². The lowest BCUT2D eigenvalue weighted by Gasteiger charge is -2.25. The first-order chi connectivity index (χ1) is 13.2. The van der Waals surface area contributed by atoms with E-state index in [1.807, 2.05) is 6.07 Å². The predicted octanol–water partition coefficient (Wildman–Crippen LogP) is 3.52. The second-order valence-electron chi connectivity index (χ2n) is 6.76. The van der Waals surface area contributed by atoms with Crippen molar-refractivity contribution in [2.24, 2.45) is 0 Å². The van der Waals surface area contributed by atoms with E-state index in [0.717, 1.165) is 32.1 Å². The Morgan fingerprint density at radius 1 is 1.00 bits per heavy atom. The summed E-state index contributed by atoms with van der Waals surface area (Å²) in [7, 11) is 0. The molecule has 1 amide bonds. The highest BCUT2D eigenvalue weighted by molar-refractivity contribution is 5.95. The maximum atomic E-state index is 12.3. The van der Waals surface area contributed by atoms with Crippen LogP contribution in [0.1, 0.15) is 58.9 Å². The van der Waals surface area contributed by atoms with E-state index >= 15 is 0 Å². The molecule has 6 nitrogen and oxygen atoms in total. The first-order valence-corrected chi connectivity index (χ1v) is 9.64. The molecule has 1 aliphatic rings. The van der Waals surface area contributed by atoms with Crippen molar-refractivity contribution in [1.82, 2.24) is 9.88 Å². The molecule has 0 unspecified atom stereocenters. The number of carbonyl (C=O) groups is 2. The molecule has 1 aliphatic heterocycles. The summed E-state index contributed by atoms with van der Waals surface area (Å²) < 4.78 is 10.6. The van der Waals surface area contributed by atoms with Crippen molar-refractivity contribution >= 4 is 11.7 Å². The second-order valence-corrected chi connectivity index (χ2v) is 6.76. The first-order valence-electron chi connectivity index (χ1n) is 9.64. The second kappa shape index (κ2) is 10.0. The number of ketones is 1. The molecule has 0 aliphatic carbocycles. The summed E-state index contributed by atoms with van der Waals surface area (Å²) in [5, 5.41) is 0. The summed E-state index contributed by atoms with van der Waals surface area (Å²) in [5.41, 5.74) is 1.35. The van der Waals surface area contributed by atoms with Gasteiger partial charge in [-0.05, 0) is 24.8 Å². The van der Waals surface area contributed by atoms with Crippen molar-refractivity contribution < 1.29 is 18.7 Å². The molecule has 2 heterocycles. The van der Waals surface area contributed by atoms with Crippen molar-refractivity contribution in [3.63, 3.8) is 0 Å². The molecule has 144 valence electrons. The van der Waals surface area contributed by atoms with E-state index in [9.17, 15) is 9.59 Å². The van der Waals surface area contributed by atoms with Gasteiger partial charge in [0.05, 0.1) is 19.4 Å². The number of oxazole rings is 1. The van der Waals surface area contributed by atoms with Crippen LogP contribution in [0.5, 0.6) is 0 Å². The summed E-state index contributed by atoms with van der Waals surface area (Å²) in [6.07, 6.45) is 6.84. The van der Waals surface area contributed by atoms with Gasteiger partial charge in [0.2, 0.25) is 11.5 Å². The standard InChI is InChI=1S/C21H26N2O4/c24-18(11-7-2-1-4-8-17-9-5-3-6-10-17)20-22-16-19(27-20)21(25)23-12-14-26-15-13-23/h3,5-6,9-10,16H,1-2,4,7-8,11-15H2. The van der Waals surface area contributed by atoms with E-state index in [1.54, 1.807) is 4.90 Å². The summed E-state index contributed by atoms with van der Waals surface area (Å²) in [5.74, 6) is -0.205. The van der Waals surface area contributed by atoms with Crippen LogP contribution in [0.15, 0.2) is 40.9 Å². The van der Waals surface area contributed by atoms with Gasteiger partial charge < -0.3 is 14.1 Å². The van der Waals surface area contributed by atoms with Crippen LogP contribution >= 0.6 is 0 Å². The minimum atomic E-state index is -0.231. The number of Topliss-reactive ketones (excluding diaryl/α,β-unsaturated/α-hetero) is 1. The minimum absolute atomic E-state index is 0.0379. The van der Waals surface area contributed by atoms with E-state index in [2.05, 4.69) is 29.2 Å². The predicted molar refractivity (Wildman–Crippen MR) is 101 cm³/mol. The minimum Gasteiger partial charge on any atom is -0.428 e. The Kier molecular flexibility index (Phi) is 7.16. The van der Waals surface area contributed by atoms with Gasteiger partial charge in [-0.3, -0.25) is 9.59 Å². The highest BCUT2D eigenvalue weighted by Gasteiger charge is 2.23. The number of hydrogen-bond donors (Lipinski definition) is 0. The molecule has 3 rings (SSSR count). The van der Waals surface area contributed by atoms with E-state index in [-0.39, 0.29) is 23.3 Å². The van der Waals surface area contributed by atoms with Crippen LogP contribution in [0.25, 0.3) is 0 Å². The van der Waals surface area contributed by atoms with E-state index in [0.29, 0.717) is 32.7 Å². The molecule has 0 radical (unpaired) electrons. The largest absolute Gasteiger partial charge is 0.428 e. The smallest absolute Gasteiger partial charge is 0.291 e. The van der Waals surface area contributed by atoms with Crippen LogP contribution in [0.3, 0.4) is 0 Å². The number of rotatable bonds is 9. The Balaban J connectivity index is 1.36. The van der Waals surface area contributed by atoms with Gasteiger partial charge in [-0.1, -0.05) is 43.2 Å². The fourth-order valence-corrected chi connectivity index (χ4v) is 3.14. The van der Waals surface area contributed by atoms with Gasteiger partial charge >= 0.3 is 0 Å². The monoisotopic (exact) mass is 370 g/mol. The summed E-state index contributed by atoms with van der Waals surface area (Å²) in [6, 6.07) is 10.4. The topological polar surface area (TPSA) is 72.6 Å². The van der Waals surface area contributed by atoms with Gasteiger partial charge in [0.25, 0.3) is 11.8 Å². The van der Waals surface area contributed by atoms with Gasteiger partial charge in [0, 0.05) is 19.5 Å². The Labute approximate surface area is 159 Å². The van der Waals surface area contributed by atoms with Gasteiger partial charge in [-0.15, -0.1) is 0 Å². The summed E-state index contributed by atoms with van der Waals surface area (Å²) in [4.78, 5) is 30.2. The van der Waals surface area contributed by atoms with E-state index in [1.165, 1.54) is 11.8 Å². The molecular weight excluding hydrogens is 344 g/mol. The summed E-state index contributed by atoms with van der Waals surface area (Å²) in [6.45, 7) is 2.11. The lowest BCUT2D eigenvalue weighted by atomic mass is 10.0. The SMILES string of the molecule is O=C(CCCCCCc1ccccc1)c1ncc(C(=O)N2CCOCC2)o1. The van der Waals surface area contributed by atoms with Crippen molar-refractivity contribution in [3.05, 3.63) is 53.7 Å². The average molecular weight is 370 g/mol. The van der Waals surface area contributed by atoms with Crippen LogP contribution in [0, 0.1) is 0 Å². The number of nitrogens with zero attached hydrogens (tertiary/aromatic N) is 2. The number of carbonyl (C=O) groups excluding carboxylic acids is 2. The number of benzene rings is 1. The van der Waals surface area contributed by atoms with Gasteiger partial charge in [0.1, 0.15) is 0 Å². The lowest BCUT2D eigenvalue weighted by molar-refractivity contribution is 0.0282. The average Bonchev–Trinajstić information content (AvgIpc) is 3.21. The fourth-order valence-electron chi connectivity index (χ4n) is 3.14. The third-order valence-electron chi connectivity index (χ3n) is 4.72. The Morgan fingerprint density at radius 2 is 1.74 bits per heavy atom. The number of ether oxygens (including phenoxy) is 1. The maximum Gasteiger partial charge on any atom is 0.291 e. The third kappa shape index (κ3) is 5.76. The number of aryl methyl sites for hydroxylation is 1. The van der Waals surface area contributed by atoms with E-state index in [4.69, 9.17) is 9.15 Å². The zero-order chi connectivity index (χ0) is 18.9. The zero-order valence-corrected chi connectivity index (χ0v) is 15.6. The molecule has 27 heavy (non-hydrogen) atoms. The van der Waals surface area contributed by atoms with Gasteiger partial charge in [0.15, 0.2) is 0 Å². The molecule has 6 heteroatoms. The van der Waals surface area contributed by atoms with Crippen LogP contribution < -0.4 is 0 Å². The molecular formula is C21H26N2O4. The quantitative estimate of drug-likeness (QED) is 0.499. The zero-order valence-electron chi connectivity index (χ0n) is 15.6. The maximum absolute atomic E-state index is 12.3. The van der Waals surface area contributed by atoms with Gasteiger partial charge in [-0.2, -0.15) is 0 Å². The first kappa shape index (κ1) is 19.3. The molecule has 0 atom stereocenters. The van der Waals surface area contributed by atoms with Crippen LogP contribution in [-0.2, 0) is 11.2 Å². The fraction of sp³-hybridized carbons (Fsp3) is 0.476. The Bertz CT molecular complexity index is 736. The molecule has 0 spiro atoms. The number of unbranched alkanes of at least 4 members (excludes halogenated alkanes) is 3. The number of amides is 1. The summed E-state index contributed by atoms with van der Waals surface area (Å²) >= 11 is 0.